The fourth-order valence-corrected chi connectivity index (χ4v) is 7.05. The van der Waals surface area contributed by atoms with Crippen LogP contribution in [-0.4, -0.2) is 39.0 Å². The van der Waals surface area contributed by atoms with Crippen LogP contribution in [0, 0.1) is 41.4 Å². The van der Waals surface area contributed by atoms with Crippen molar-refractivity contribution in [2.24, 2.45) is 41.4 Å². The van der Waals surface area contributed by atoms with Crippen molar-refractivity contribution >= 4 is 0 Å². The first-order valence-corrected chi connectivity index (χ1v) is 14.5. The van der Waals surface area contributed by atoms with Gasteiger partial charge in [-0.25, -0.2) is 0 Å². The van der Waals surface area contributed by atoms with Gasteiger partial charge in [0, 0.05) is 11.8 Å². The largest absolute Gasteiger partial charge is 0.352 e. The number of allylic oxidation sites excluding steroid dienone is 1. The lowest BCUT2D eigenvalue weighted by atomic mass is 9.68. The summed E-state index contributed by atoms with van der Waals surface area (Å²) in [5.74, 6) is 4.08. The number of hydrogen-bond donors (Lipinski definition) is 0. The van der Waals surface area contributed by atoms with Crippen molar-refractivity contribution in [1.82, 2.24) is 0 Å². The van der Waals surface area contributed by atoms with Crippen LogP contribution in [0.15, 0.2) is 12.2 Å². The minimum atomic E-state index is -1.53. The van der Waals surface area contributed by atoms with Gasteiger partial charge in [-0.1, -0.05) is 39.5 Å². The third kappa shape index (κ3) is 7.96. The summed E-state index contributed by atoms with van der Waals surface area (Å²) in [5.41, 5.74) is 0. The summed E-state index contributed by atoms with van der Waals surface area (Å²) in [5, 5.41) is 0. The molecule has 0 spiro atoms. The molecule has 1 unspecified atom stereocenters. The van der Waals surface area contributed by atoms with Crippen molar-refractivity contribution in [2.75, 3.05) is 26.4 Å². The maximum atomic E-state index is 12.3. The summed E-state index contributed by atoms with van der Waals surface area (Å²) < 4.78 is 49.1. The molecule has 4 rings (SSSR count). The van der Waals surface area contributed by atoms with Crippen LogP contribution in [-0.2, 0) is 18.9 Å². The molecular formula is C29H48F2O4. The fourth-order valence-electron chi connectivity index (χ4n) is 7.05. The van der Waals surface area contributed by atoms with Crippen molar-refractivity contribution < 1.29 is 27.7 Å². The first kappa shape index (κ1) is 27.5. The molecule has 2 aliphatic carbocycles. The molecule has 4 fully saturated rings. The molecule has 0 radical (unpaired) electrons. The van der Waals surface area contributed by atoms with Crippen molar-refractivity contribution in [3.63, 3.8) is 0 Å². The van der Waals surface area contributed by atoms with Crippen LogP contribution in [0.25, 0.3) is 0 Å². The molecule has 2 heterocycles. The zero-order valence-electron chi connectivity index (χ0n) is 22.0. The quantitative estimate of drug-likeness (QED) is 0.328. The predicted octanol–water partition coefficient (Wildman–Crippen LogP) is 7.57. The molecule has 0 aromatic rings. The van der Waals surface area contributed by atoms with E-state index in [1.165, 1.54) is 64.2 Å². The molecule has 1 atom stereocenters. The molecule has 0 N–H and O–H groups in total. The lowest BCUT2D eigenvalue weighted by Gasteiger charge is -2.42. The first-order valence-electron chi connectivity index (χ1n) is 14.5. The van der Waals surface area contributed by atoms with E-state index in [0.29, 0.717) is 43.3 Å². The van der Waals surface area contributed by atoms with Crippen LogP contribution in [0.3, 0.4) is 0 Å². The van der Waals surface area contributed by atoms with Gasteiger partial charge < -0.3 is 18.9 Å². The van der Waals surface area contributed by atoms with Gasteiger partial charge in [0.2, 0.25) is 0 Å². The molecular weight excluding hydrogens is 450 g/mol. The smallest absolute Gasteiger partial charge is 0.266 e. The molecule has 0 aromatic heterocycles. The van der Waals surface area contributed by atoms with Gasteiger partial charge in [0.15, 0.2) is 12.6 Å². The Kier molecular flexibility index (Phi) is 10.9. The number of rotatable bonds is 9. The monoisotopic (exact) mass is 498 g/mol. The molecule has 0 bridgehead atoms. The Balaban J connectivity index is 1.10. The van der Waals surface area contributed by atoms with Gasteiger partial charge >= 0.3 is 0 Å². The third-order valence-electron chi connectivity index (χ3n) is 9.46. The highest BCUT2D eigenvalue weighted by atomic mass is 19.3. The van der Waals surface area contributed by atoms with Crippen LogP contribution in [0.5, 0.6) is 0 Å². The van der Waals surface area contributed by atoms with Gasteiger partial charge in [-0.3, -0.25) is 0 Å². The highest BCUT2D eigenvalue weighted by Gasteiger charge is 2.39. The molecule has 2 aliphatic heterocycles. The lowest BCUT2D eigenvalue weighted by molar-refractivity contribution is -0.293. The Morgan fingerprint density at radius 1 is 0.743 bits per heavy atom. The van der Waals surface area contributed by atoms with Crippen molar-refractivity contribution in [3.8, 4) is 0 Å². The summed E-state index contributed by atoms with van der Waals surface area (Å²) in [6.45, 7) is 7.43. The third-order valence-corrected chi connectivity index (χ3v) is 9.46. The normalized spacial score (nSPS) is 39.7. The predicted molar refractivity (Wildman–Crippen MR) is 133 cm³/mol. The Bertz CT molecular complexity index is 623. The van der Waals surface area contributed by atoms with Gasteiger partial charge in [0.25, 0.3) is 6.08 Å². The van der Waals surface area contributed by atoms with Gasteiger partial charge in [-0.2, -0.15) is 8.78 Å². The van der Waals surface area contributed by atoms with E-state index >= 15 is 0 Å². The number of ether oxygens (including phenoxy) is 4. The van der Waals surface area contributed by atoms with Crippen molar-refractivity contribution in [3.05, 3.63) is 12.2 Å². The van der Waals surface area contributed by atoms with E-state index in [0.717, 1.165) is 37.5 Å². The molecule has 6 heteroatoms. The first-order chi connectivity index (χ1) is 17.0. The summed E-state index contributed by atoms with van der Waals surface area (Å²) in [6, 6.07) is 0. The molecule has 202 valence electrons. The van der Waals surface area contributed by atoms with Gasteiger partial charge in [-0.15, -0.1) is 0 Å². The van der Waals surface area contributed by atoms with E-state index < -0.39 is 6.08 Å². The molecule has 4 nitrogen and oxygen atoms in total. The van der Waals surface area contributed by atoms with Crippen molar-refractivity contribution in [2.45, 2.75) is 103 Å². The molecule has 2 saturated heterocycles. The van der Waals surface area contributed by atoms with Crippen LogP contribution < -0.4 is 0 Å². The number of hydrogen-bond acceptors (Lipinski definition) is 4. The minimum Gasteiger partial charge on any atom is -0.352 e. The van der Waals surface area contributed by atoms with Crippen LogP contribution in [0.2, 0.25) is 0 Å². The van der Waals surface area contributed by atoms with Crippen LogP contribution in [0.4, 0.5) is 8.78 Å². The van der Waals surface area contributed by atoms with Crippen molar-refractivity contribution in [1.29, 1.82) is 0 Å². The topological polar surface area (TPSA) is 36.9 Å². The van der Waals surface area contributed by atoms with Gasteiger partial charge in [0.05, 0.1) is 32.3 Å². The van der Waals surface area contributed by atoms with Gasteiger partial charge in [-0.05, 0) is 81.1 Å². The fraction of sp³-hybridized carbons (Fsp3) is 0.931. The molecule has 2 saturated carbocycles. The second-order valence-electron chi connectivity index (χ2n) is 11.9. The Hall–Kier alpha value is -0.560. The second-order valence-corrected chi connectivity index (χ2v) is 11.9. The average Bonchev–Trinajstić information content (AvgIpc) is 2.89. The Morgan fingerprint density at radius 2 is 1.26 bits per heavy atom. The molecule has 4 aliphatic rings. The van der Waals surface area contributed by atoms with Crippen LogP contribution in [0.1, 0.15) is 90.9 Å². The Morgan fingerprint density at radius 3 is 1.83 bits per heavy atom. The Labute approximate surface area is 211 Å². The van der Waals surface area contributed by atoms with E-state index in [1.54, 1.807) is 0 Å². The zero-order chi connectivity index (χ0) is 24.6. The summed E-state index contributed by atoms with van der Waals surface area (Å²) in [4.78, 5) is 0. The zero-order valence-corrected chi connectivity index (χ0v) is 22.0. The maximum Gasteiger partial charge on any atom is 0.266 e. The number of halogens is 2. The molecule has 0 aromatic carbocycles. The van der Waals surface area contributed by atoms with E-state index in [1.807, 2.05) is 0 Å². The molecule has 0 amide bonds. The van der Waals surface area contributed by atoms with E-state index in [2.05, 4.69) is 13.8 Å². The van der Waals surface area contributed by atoms with E-state index in [-0.39, 0.29) is 18.5 Å². The SMILES string of the molecule is CCCC(C)C1COC(C2COC(C3CCC(C4CCC(CCC=C(F)F)CC4)CC3)OC2)OC1. The summed E-state index contributed by atoms with van der Waals surface area (Å²) in [7, 11) is 0. The average molecular weight is 499 g/mol. The van der Waals surface area contributed by atoms with Crippen LogP contribution >= 0.6 is 0 Å². The summed E-state index contributed by atoms with van der Waals surface area (Å²) >= 11 is 0. The summed E-state index contributed by atoms with van der Waals surface area (Å²) in [6.07, 6.45) is 13.1. The van der Waals surface area contributed by atoms with Gasteiger partial charge in [0.1, 0.15) is 0 Å². The second kappa shape index (κ2) is 13.8. The maximum absolute atomic E-state index is 12.3. The minimum absolute atomic E-state index is 0.0761. The highest BCUT2D eigenvalue weighted by Crippen LogP contribution is 2.43. The van der Waals surface area contributed by atoms with E-state index in [9.17, 15) is 8.78 Å². The lowest BCUT2D eigenvalue weighted by Crippen LogP contribution is -2.47. The molecule has 35 heavy (non-hydrogen) atoms. The standard InChI is InChI=1S/C29H48F2O4/c1-3-5-20(2)25-16-32-29(33-17-25)26-18-34-28(35-19-26)24-14-12-23(13-15-24)22-10-8-21(9-11-22)6-4-7-27(30)31/h7,20-26,28-29H,3-6,8-19H2,1-2H3. The highest BCUT2D eigenvalue weighted by molar-refractivity contribution is 4.86. The van der Waals surface area contributed by atoms with E-state index in [4.69, 9.17) is 18.9 Å².